The number of rotatable bonds is 4. The lowest BCUT2D eigenvalue weighted by Gasteiger charge is -2.05. The van der Waals surface area contributed by atoms with E-state index in [-0.39, 0.29) is 23.4 Å². The van der Waals surface area contributed by atoms with Gasteiger partial charge in [-0.2, -0.15) is 10.5 Å². The zero-order valence-corrected chi connectivity index (χ0v) is 9.46. The third kappa shape index (κ3) is 3.25. The first-order valence-corrected chi connectivity index (χ1v) is 6.06. The molecule has 0 bridgehead atoms. The first kappa shape index (κ1) is 13.1. The Balaban J connectivity index is 3.01. The summed E-state index contributed by atoms with van der Waals surface area (Å²) in [5, 5.41) is 16.8. The summed E-state index contributed by atoms with van der Waals surface area (Å²) in [4.78, 5) is -0.201. The van der Waals surface area contributed by atoms with E-state index in [1.165, 1.54) is 0 Å². The maximum atomic E-state index is 13.0. The van der Waals surface area contributed by atoms with Crippen molar-refractivity contribution in [2.24, 2.45) is 0 Å². The van der Waals surface area contributed by atoms with Crippen LogP contribution in [0.3, 0.4) is 0 Å². The van der Waals surface area contributed by atoms with Gasteiger partial charge < -0.3 is 0 Å². The summed E-state index contributed by atoms with van der Waals surface area (Å²) < 4.78 is 38.4. The molecule has 7 heteroatoms. The Hall–Kier alpha value is -1.96. The Labute approximate surface area is 98.2 Å². The molecule has 0 atom stereocenters. The molecule has 0 aliphatic rings. The minimum absolute atomic E-state index is 0.0297. The van der Waals surface area contributed by atoms with Crippen LogP contribution in [0.4, 0.5) is 4.39 Å². The van der Waals surface area contributed by atoms with Crippen molar-refractivity contribution >= 4 is 10.0 Å². The topological polar surface area (TPSA) is 93.8 Å². The van der Waals surface area contributed by atoms with Crippen LogP contribution in [0, 0.1) is 28.5 Å². The average molecular weight is 253 g/mol. The molecule has 5 nitrogen and oxygen atoms in total. The normalized spacial score (nSPS) is 10.5. The monoisotopic (exact) mass is 253 g/mol. The van der Waals surface area contributed by atoms with Gasteiger partial charge in [0, 0.05) is 13.0 Å². The highest BCUT2D eigenvalue weighted by atomic mass is 32.2. The quantitative estimate of drug-likeness (QED) is 0.806. The largest absolute Gasteiger partial charge is 0.240 e. The average Bonchev–Trinajstić information content (AvgIpc) is 2.29. The van der Waals surface area contributed by atoms with Gasteiger partial charge in [0.25, 0.3) is 0 Å². The minimum Gasteiger partial charge on any atom is -0.210 e. The Kier molecular flexibility index (Phi) is 4.16. The van der Waals surface area contributed by atoms with Gasteiger partial charge >= 0.3 is 0 Å². The summed E-state index contributed by atoms with van der Waals surface area (Å²) in [6.07, 6.45) is 0.0333. The van der Waals surface area contributed by atoms with E-state index >= 15 is 0 Å². The number of hydrogen-bond donors (Lipinski definition) is 1. The van der Waals surface area contributed by atoms with E-state index in [9.17, 15) is 12.8 Å². The van der Waals surface area contributed by atoms with Crippen LogP contribution in [0.25, 0.3) is 0 Å². The first-order chi connectivity index (χ1) is 8.01. The zero-order valence-electron chi connectivity index (χ0n) is 8.64. The van der Waals surface area contributed by atoms with Crippen LogP contribution in [-0.4, -0.2) is 15.0 Å². The molecular formula is C10H8FN3O2S. The van der Waals surface area contributed by atoms with Crippen molar-refractivity contribution in [3.63, 3.8) is 0 Å². The van der Waals surface area contributed by atoms with Gasteiger partial charge in [-0.3, -0.25) is 0 Å². The van der Waals surface area contributed by atoms with Crippen LogP contribution in [-0.2, 0) is 10.0 Å². The number of halogens is 1. The van der Waals surface area contributed by atoms with E-state index < -0.39 is 15.8 Å². The second-order valence-corrected chi connectivity index (χ2v) is 4.83. The highest BCUT2D eigenvalue weighted by Crippen LogP contribution is 2.14. The van der Waals surface area contributed by atoms with Gasteiger partial charge in [-0.15, -0.1) is 0 Å². The molecule has 88 valence electrons. The Morgan fingerprint density at radius 3 is 2.65 bits per heavy atom. The molecule has 0 saturated carbocycles. The number of nitrogens with zero attached hydrogens (tertiary/aromatic N) is 2. The molecule has 0 amide bonds. The maximum Gasteiger partial charge on any atom is 0.240 e. The molecule has 17 heavy (non-hydrogen) atoms. The highest BCUT2D eigenvalue weighted by Gasteiger charge is 2.15. The van der Waals surface area contributed by atoms with Crippen LogP contribution in [0.1, 0.15) is 12.0 Å². The molecule has 0 spiro atoms. The van der Waals surface area contributed by atoms with Crippen molar-refractivity contribution in [1.29, 1.82) is 10.5 Å². The summed E-state index contributed by atoms with van der Waals surface area (Å²) in [5.41, 5.74) is -0.340. The van der Waals surface area contributed by atoms with Gasteiger partial charge in [0.15, 0.2) is 0 Å². The molecule has 0 unspecified atom stereocenters. The molecule has 1 aromatic carbocycles. The molecule has 0 aliphatic carbocycles. The fraction of sp³-hybridized carbons (Fsp3) is 0.200. The molecule has 0 radical (unpaired) electrons. The Morgan fingerprint density at radius 2 is 2.06 bits per heavy atom. The van der Waals surface area contributed by atoms with E-state index in [2.05, 4.69) is 4.72 Å². The maximum absolute atomic E-state index is 13.0. The van der Waals surface area contributed by atoms with Crippen molar-refractivity contribution in [3.05, 3.63) is 29.6 Å². The van der Waals surface area contributed by atoms with Crippen LogP contribution in [0.2, 0.25) is 0 Å². The van der Waals surface area contributed by atoms with E-state index in [0.717, 1.165) is 18.2 Å². The lowest BCUT2D eigenvalue weighted by atomic mass is 10.2. The summed E-state index contributed by atoms with van der Waals surface area (Å²) in [7, 11) is -3.80. The van der Waals surface area contributed by atoms with Crippen molar-refractivity contribution in [2.45, 2.75) is 11.3 Å². The highest BCUT2D eigenvalue weighted by molar-refractivity contribution is 7.89. The van der Waals surface area contributed by atoms with Crippen LogP contribution < -0.4 is 4.72 Å². The standard InChI is InChI=1S/C10H8FN3O2S/c11-10-3-2-9(6-8(10)7-13)17(15,16)14-5-1-4-12/h2-3,6,14H,1,5H2. The van der Waals surface area contributed by atoms with Crippen molar-refractivity contribution < 1.29 is 12.8 Å². The molecular weight excluding hydrogens is 245 g/mol. The predicted octanol–water partition coefficient (Wildman–Crippen LogP) is 0.889. The molecule has 0 saturated heterocycles. The summed E-state index contributed by atoms with van der Waals surface area (Å²) >= 11 is 0. The molecule has 0 aromatic heterocycles. The first-order valence-electron chi connectivity index (χ1n) is 4.57. The minimum atomic E-state index is -3.80. The number of nitriles is 2. The lowest BCUT2D eigenvalue weighted by Crippen LogP contribution is -2.24. The summed E-state index contributed by atoms with van der Waals surface area (Å²) in [6, 6.07) is 6.26. The van der Waals surface area contributed by atoms with E-state index in [0.29, 0.717) is 0 Å². The van der Waals surface area contributed by atoms with Gasteiger partial charge in [-0.25, -0.2) is 17.5 Å². The van der Waals surface area contributed by atoms with Crippen molar-refractivity contribution in [3.8, 4) is 12.1 Å². The van der Waals surface area contributed by atoms with Gasteiger partial charge in [-0.05, 0) is 18.2 Å². The molecule has 1 N–H and O–H groups in total. The number of nitrogens with one attached hydrogen (secondary N) is 1. The molecule has 0 fully saturated rings. The van der Waals surface area contributed by atoms with Crippen LogP contribution >= 0.6 is 0 Å². The molecule has 1 aromatic rings. The number of benzene rings is 1. The lowest BCUT2D eigenvalue weighted by molar-refractivity contribution is 0.581. The third-order valence-electron chi connectivity index (χ3n) is 1.90. The van der Waals surface area contributed by atoms with Crippen molar-refractivity contribution in [2.75, 3.05) is 6.54 Å². The van der Waals surface area contributed by atoms with Gasteiger partial charge in [-0.1, -0.05) is 0 Å². The van der Waals surface area contributed by atoms with Crippen LogP contribution in [0.5, 0.6) is 0 Å². The Morgan fingerprint density at radius 1 is 1.35 bits per heavy atom. The third-order valence-corrected chi connectivity index (χ3v) is 3.36. The SMILES string of the molecule is N#CCCNS(=O)(=O)c1ccc(F)c(C#N)c1. The van der Waals surface area contributed by atoms with E-state index in [4.69, 9.17) is 10.5 Å². The van der Waals surface area contributed by atoms with Crippen molar-refractivity contribution in [1.82, 2.24) is 4.72 Å². The summed E-state index contributed by atoms with van der Waals surface area (Å²) in [6.45, 7) is -0.0297. The number of sulfonamides is 1. The fourth-order valence-electron chi connectivity index (χ4n) is 1.08. The van der Waals surface area contributed by atoms with E-state index in [1.54, 1.807) is 12.1 Å². The smallest absolute Gasteiger partial charge is 0.210 e. The second kappa shape index (κ2) is 5.39. The van der Waals surface area contributed by atoms with Crippen LogP contribution in [0.15, 0.2) is 23.1 Å². The zero-order chi connectivity index (χ0) is 12.9. The summed E-state index contributed by atoms with van der Waals surface area (Å²) in [5.74, 6) is -0.775. The van der Waals surface area contributed by atoms with Gasteiger partial charge in [0.2, 0.25) is 10.0 Å². The Bertz CT molecular complexity index is 599. The molecule has 1 rings (SSSR count). The van der Waals surface area contributed by atoms with Gasteiger partial charge in [0.1, 0.15) is 11.9 Å². The van der Waals surface area contributed by atoms with E-state index in [1.807, 2.05) is 0 Å². The van der Waals surface area contributed by atoms with Gasteiger partial charge in [0.05, 0.1) is 16.5 Å². The predicted molar refractivity (Wildman–Crippen MR) is 56.5 cm³/mol. The number of hydrogen-bond acceptors (Lipinski definition) is 4. The second-order valence-electron chi connectivity index (χ2n) is 3.06. The fourth-order valence-corrected chi connectivity index (χ4v) is 2.14. The molecule has 0 aliphatic heterocycles. The molecule has 0 heterocycles.